The first-order chi connectivity index (χ1) is 16.5. The maximum atomic E-state index is 14.2. The molecular weight excluding hydrogens is 450 g/mol. The van der Waals surface area contributed by atoms with Crippen LogP contribution in [0.2, 0.25) is 0 Å². The Balaban J connectivity index is 1.71. The standard InChI is InChI=1S/C31H41NO4/c1-26(2)10-12-31(25(35)36)13-11-30(7)23(19(31)16-26)20(33)14-22-28(5)15-18(17-32)24(34)27(3,4)21(28)8-9-29(22,30)6/h14-15,19,21,23H,8-13,16H2,1-7H3,(H,35,36)/t19-,21?,23?,28?,29+,30+,31?/m0/s1. The number of fused-ring (bicyclic) bond motifs is 7. The number of Topliss-reactive ketones (excluding diaryl/α,β-unsaturated/α-hetero) is 1. The molecule has 5 aliphatic rings. The molecular formula is C31H41NO4. The Kier molecular flexibility index (Phi) is 5.09. The summed E-state index contributed by atoms with van der Waals surface area (Å²) in [6.45, 7) is 15.0. The monoisotopic (exact) mass is 491 g/mol. The number of aliphatic carboxylic acids is 1. The Labute approximate surface area is 215 Å². The van der Waals surface area contributed by atoms with Gasteiger partial charge in [0.1, 0.15) is 6.07 Å². The molecule has 0 heterocycles. The molecule has 194 valence electrons. The van der Waals surface area contributed by atoms with E-state index in [0.717, 1.165) is 31.3 Å². The quantitative estimate of drug-likeness (QED) is 0.465. The van der Waals surface area contributed by atoms with E-state index in [2.05, 4.69) is 40.7 Å². The third kappa shape index (κ3) is 2.85. The molecule has 4 unspecified atom stereocenters. The minimum atomic E-state index is -0.828. The lowest BCUT2D eigenvalue weighted by Gasteiger charge is -2.68. The first kappa shape index (κ1) is 25.4. The zero-order valence-corrected chi connectivity index (χ0v) is 23.0. The van der Waals surface area contributed by atoms with Crippen molar-refractivity contribution in [2.45, 2.75) is 93.4 Å². The number of hydrogen-bond donors (Lipinski definition) is 1. The molecule has 0 bridgehead atoms. The zero-order valence-electron chi connectivity index (χ0n) is 23.0. The van der Waals surface area contributed by atoms with Crippen LogP contribution in [0.5, 0.6) is 0 Å². The molecule has 0 saturated heterocycles. The second kappa shape index (κ2) is 7.21. The van der Waals surface area contributed by atoms with Gasteiger partial charge in [-0.25, -0.2) is 0 Å². The molecule has 0 aliphatic heterocycles. The van der Waals surface area contributed by atoms with Crippen LogP contribution in [0.1, 0.15) is 93.4 Å². The van der Waals surface area contributed by atoms with Gasteiger partial charge in [0.25, 0.3) is 0 Å². The molecule has 1 N–H and O–H groups in total. The number of nitrogens with zero attached hydrogens (tertiary/aromatic N) is 1. The van der Waals surface area contributed by atoms with Crippen LogP contribution in [0, 0.1) is 61.6 Å². The summed E-state index contributed by atoms with van der Waals surface area (Å²) in [5.41, 5.74) is -1.49. The summed E-state index contributed by atoms with van der Waals surface area (Å²) in [4.78, 5) is 40.2. The Bertz CT molecular complexity index is 1180. The van der Waals surface area contributed by atoms with Crippen LogP contribution in [0.4, 0.5) is 0 Å². The Hall–Kier alpha value is -2.22. The summed E-state index contributed by atoms with van der Waals surface area (Å²) in [5, 5.41) is 20.3. The number of carbonyl (C=O) groups excluding carboxylic acids is 2. The lowest BCUT2D eigenvalue weighted by atomic mass is 9.34. The predicted molar refractivity (Wildman–Crippen MR) is 137 cm³/mol. The number of nitriles is 1. The first-order valence-electron chi connectivity index (χ1n) is 13.7. The molecule has 5 rings (SSSR count). The van der Waals surface area contributed by atoms with Crippen LogP contribution in [0.3, 0.4) is 0 Å². The predicted octanol–water partition coefficient (Wildman–Crippen LogP) is 6.29. The lowest BCUT2D eigenvalue weighted by molar-refractivity contribution is -0.188. The van der Waals surface area contributed by atoms with Crippen molar-refractivity contribution < 1.29 is 19.5 Å². The Morgan fingerprint density at radius 1 is 1.00 bits per heavy atom. The Morgan fingerprint density at radius 3 is 2.25 bits per heavy atom. The molecule has 0 amide bonds. The molecule has 0 radical (unpaired) electrons. The van der Waals surface area contributed by atoms with Gasteiger partial charge in [-0.1, -0.05) is 60.1 Å². The van der Waals surface area contributed by atoms with Gasteiger partial charge in [0.15, 0.2) is 11.6 Å². The number of ketones is 2. The molecule has 7 atom stereocenters. The van der Waals surface area contributed by atoms with Crippen LogP contribution < -0.4 is 0 Å². The number of carboxylic acid groups (broad SMARTS) is 1. The van der Waals surface area contributed by atoms with Gasteiger partial charge in [0.05, 0.1) is 11.0 Å². The minimum Gasteiger partial charge on any atom is -0.481 e. The van der Waals surface area contributed by atoms with E-state index in [1.165, 1.54) is 0 Å². The van der Waals surface area contributed by atoms with Gasteiger partial charge < -0.3 is 5.11 Å². The molecule has 36 heavy (non-hydrogen) atoms. The van der Waals surface area contributed by atoms with E-state index >= 15 is 0 Å². The van der Waals surface area contributed by atoms with Crippen molar-refractivity contribution in [3.05, 3.63) is 23.3 Å². The highest BCUT2D eigenvalue weighted by Gasteiger charge is 2.70. The summed E-state index contributed by atoms with van der Waals surface area (Å²) >= 11 is 0. The number of carboxylic acids is 1. The fraction of sp³-hybridized carbons (Fsp3) is 0.742. The van der Waals surface area contributed by atoms with Gasteiger partial charge in [-0.15, -0.1) is 0 Å². The lowest BCUT2D eigenvalue weighted by Crippen LogP contribution is -2.65. The van der Waals surface area contributed by atoms with Crippen LogP contribution in [0.15, 0.2) is 23.3 Å². The minimum absolute atomic E-state index is 0.00880. The second-order valence-electron chi connectivity index (χ2n) is 14.7. The molecule has 0 spiro atoms. The van der Waals surface area contributed by atoms with Crippen molar-refractivity contribution >= 4 is 17.5 Å². The summed E-state index contributed by atoms with van der Waals surface area (Å²) in [5.74, 6) is -1.27. The summed E-state index contributed by atoms with van der Waals surface area (Å²) in [7, 11) is 0. The summed E-state index contributed by atoms with van der Waals surface area (Å²) in [6.07, 6.45) is 8.98. The molecule has 3 saturated carbocycles. The van der Waals surface area contributed by atoms with Crippen molar-refractivity contribution in [2.24, 2.45) is 50.2 Å². The van der Waals surface area contributed by atoms with Crippen molar-refractivity contribution in [1.82, 2.24) is 0 Å². The summed E-state index contributed by atoms with van der Waals surface area (Å²) < 4.78 is 0. The molecule has 0 aromatic heterocycles. The average molecular weight is 492 g/mol. The maximum Gasteiger partial charge on any atom is 0.309 e. The van der Waals surface area contributed by atoms with Gasteiger partial charge in [-0.2, -0.15) is 5.26 Å². The molecule has 5 aliphatic carbocycles. The number of carbonyl (C=O) groups is 3. The number of allylic oxidation sites excluding steroid dienone is 4. The molecule has 5 heteroatoms. The van der Waals surface area contributed by atoms with Crippen molar-refractivity contribution in [3.8, 4) is 6.07 Å². The van der Waals surface area contributed by atoms with Gasteiger partial charge in [-0.05, 0) is 79.1 Å². The van der Waals surface area contributed by atoms with Crippen molar-refractivity contribution in [3.63, 3.8) is 0 Å². The van der Waals surface area contributed by atoms with Crippen LogP contribution in [-0.2, 0) is 14.4 Å². The van der Waals surface area contributed by atoms with E-state index in [-0.39, 0.29) is 51.1 Å². The van der Waals surface area contributed by atoms with Gasteiger partial charge in [0, 0.05) is 16.7 Å². The number of hydrogen-bond acceptors (Lipinski definition) is 4. The molecule has 5 nitrogen and oxygen atoms in total. The van der Waals surface area contributed by atoms with E-state index < -0.39 is 22.2 Å². The third-order valence-corrected chi connectivity index (χ3v) is 12.3. The fourth-order valence-corrected chi connectivity index (χ4v) is 10.0. The topological polar surface area (TPSA) is 95.2 Å². The van der Waals surface area contributed by atoms with E-state index in [1.54, 1.807) is 0 Å². The van der Waals surface area contributed by atoms with Gasteiger partial charge in [0.2, 0.25) is 0 Å². The second-order valence-corrected chi connectivity index (χ2v) is 14.7. The molecule has 3 fully saturated rings. The van der Waals surface area contributed by atoms with E-state index in [4.69, 9.17) is 0 Å². The Morgan fingerprint density at radius 2 is 1.64 bits per heavy atom. The fourth-order valence-electron chi connectivity index (χ4n) is 10.0. The van der Waals surface area contributed by atoms with E-state index in [1.807, 2.05) is 26.0 Å². The number of rotatable bonds is 1. The normalized spacial score (nSPS) is 46.7. The van der Waals surface area contributed by atoms with Gasteiger partial charge >= 0.3 is 5.97 Å². The van der Waals surface area contributed by atoms with Crippen LogP contribution in [0.25, 0.3) is 0 Å². The molecule has 0 aromatic carbocycles. The van der Waals surface area contributed by atoms with Crippen LogP contribution in [-0.4, -0.2) is 22.6 Å². The highest BCUT2D eigenvalue weighted by Crippen LogP contribution is 2.74. The summed E-state index contributed by atoms with van der Waals surface area (Å²) in [6, 6.07) is 2.15. The highest BCUT2D eigenvalue weighted by molar-refractivity contribution is 6.04. The van der Waals surface area contributed by atoms with E-state index in [9.17, 15) is 24.8 Å². The highest BCUT2D eigenvalue weighted by atomic mass is 16.4. The first-order valence-corrected chi connectivity index (χ1v) is 13.7. The smallest absolute Gasteiger partial charge is 0.309 e. The maximum absolute atomic E-state index is 14.2. The zero-order chi connectivity index (χ0) is 26.7. The van der Waals surface area contributed by atoms with Crippen molar-refractivity contribution in [1.29, 1.82) is 5.26 Å². The molecule has 0 aromatic rings. The third-order valence-electron chi connectivity index (χ3n) is 12.3. The van der Waals surface area contributed by atoms with Gasteiger partial charge in [-0.3, -0.25) is 14.4 Å². The van der Waals surface area contributed by atoms with Crippen molar-refractivity contribution in [2.75, 3.05) is 0 Å². The largest absolute Gasteiger partial charge is 0.481 e. The van der Waals surface area contributed by atoms with E-state index in [0.29, 0.717) is 19.3 Å². The SMILES string of the molecule is CC1(C)CCC2(C(=O)O)CC[C@]3(C)C(C(=O)C=C4C5(C)C=C(C#N)C(=O)C(C)(C)C5CC[C@]43C)[C@@H]2C1. The average Bonchev–Trinajstić information content (AvgIpc) is 2.77. The van der Waals surface area contributed by atoms with Crippen LogP contribution >= 0.6 is 0 Å².